The van der Waals surface area contributed by atoms with Crippen LogP contribution in [0.5, 0.6) is 11.5 Å². The maximum Gasteiger partial charge on any atom is 0.160 e. The van der Waals surface area contributed by atoms with Crippen molar-refractivity contribution >= 4 is 5.78 Å². The number of benzene rings is 1. The van der Waals surface area contributed by atoms with Crippen molar-refractivity contribution in [3.63, 3.8) is 0 Å². The molecule has 0 bridgehead atoms. The summed E-state index contributed by atoms with van der Waals surface area (Å²) in [6.45, 7) is 3.14. The maximum absolute atomic E-state index is 11.3. The standard InChI is InChI=1S/C12H18N2O3/c1-9(15)10-6-11(16-4-2-13)8-12(7-10)17-5-3-14/h6-8H,2-5,13-14H2,1H3. The molecule has 0 unspecified atom stereocenters. The van der Waals surface area contributed by atoms with Gasteiger partial charge in [0.2, 0.25) is 0 Å². The van der Waals surface area contributed by atoms with Crippen LogP contribution in [0, 0.1) is 0 Å². The Kier molecular flexibility index (Phi) is 5.45. The lowest BCUT2D eigenvalue weighted by atomic mass is 10.1. The Balaban J connectivity index is 2.88. The molecule has 1 aromatic carbocycles. The second-order valence-electron chi connectivity index (χ2n) is 3.52. The first-order valence-corrected chi connectivity index (χ1v) is 5.49. The highest BCUT2D eigenvalue weighted by Gasteiger charge is 2.06. The van der Waals surface area contributed by atoms with Gasteiger partial charge in [0.05, 0.1) is 0 Å². The average molecular weight is 238 g/mol. The smallest absolute Gasteiger partial charge is 0.160 e. The molecule has 5 nitrogen and oxygen atoms in total. The fourth-order valence-corrected chi connectivity index (χ4v) is 1.30. The van der Waals surface area contributed by atoms with Crippen molar-refractivity contribution in [2.45, 2.75) is 6.92 Å². The van der Waals surface area contributed by atoms with E-state index in [-0.39, 0.29) is 5.78 Å². The molecule has 1 rings (SSSR count). The van der Waals surface area contributed by atoms with E-state index in [9.17, 15) is 4.79 Å². The summed E-state index contributed by atoms with van der Waals surface area (Å²) in [5, 5.41) is 0. The van der Waals surface area contributed by atoms with Crippen molar-refractivity contribution in [1.29, 1.82) is 0 Å². The van der Waals surface area contributed by atoms with Crippen LogP contribution in [0.4, 0.5) is 0 Å². The lowest BCUT2D eigenvalue weighted by Gasteiger charge is -2.10. The van der Waals surface area contributed by atoms with E-state index in [1.165, 1.54) is 6.92 Å². The lowest BCUT2D eigenvalue weighted by molar-refractivity contribution is 0.101. The molecule has 1 aromatic rings. The molecule has 0 atom stereocenters. The third-order valence-corrected chi connectivity index (χ3v) is 2.06. The van der Waals surface area contributed by atoms with Crippen LogP contribution in [-0.2, 0) is 0 Å². The molecule has 0 aliphatic heterocycles. The van der Waals surface area contributed by atoms with Gasteiger partial charge in [0, 0.05) is 24.7 Å². The Morgan fingerprint density at radius 2 is 1.53 bits per heavy atom. The van der Waals surface area contributed by atoms with Gasteiger partial charge in [-0.15, -0.1) is 0 Å². The van der Waals surface area contributed by atoms with Crippen molar-refractivity contribution in [2.75, 3.05) is 26.3 Å². The van der Waals surface area contributed by atoms with E-state index in [0.29, 0.717) is 43.4 Å². The Hall–Kier alpha value is -1.59. The SMILES string of the molecule is CC(=O)c1cc(OCCN)cc(OCCN)c1. The number of hydrogen-bond acceptors (Lipinski definition) is 5. The number of nitrogens with two attached hydrogens (primary N) is 2. The Labute approximate surface area is 101 Å². The van der Waals surface area contributed by atoms with Gasteiger partial charge >= 0.3 is 0 Å². The zero-order valence-corrected chi connectivity index (χ0v) is 9.94. The summed E-state index contributed by atoms with van der Waals surface area (Å²) in [7, 11) is 0. The van der Waals surface area contributed by atoms with Gasteiger partial charge < -0.3 is 20.9 Å². The quantitative estimate of drug-likeness (QED) is 0.678. The summed E-state index contributed by atoms with van der Waals surface area (Å²) in [5.74, 6) is 1.12. The molecule has 4 N–H and O–H groups in total. The number of ketones is 1. The topological polar surface area (TPSA) is 87.6 Å². The van der Waals surface area contributed by atoms with Crippen LogP contribution < -0.4 is 20.9 Å². The summed E-state index contributed by atoms with van der Waals surface area (Å²) in [4.78, 5) is 11.3. The van der Waals surface area contributed by atoms with Crippen LogP contribution in [-0.4, -0.2) is 32.1 Å². The molecule has 17 heavy (non-hydrogen) atoms. The number of hydrogen-bond donors (Lipinski definition) is 2. The molecule has 0 aromatic heterocycles. The Morgan fingerprint density at radius 1 is 1.06 bits per heavy atom. The van der Waals surface area contributed by atoms with Crippen molar-refractivity contribution in [1.82, 2.24) is 0 Å². The van der Waals surface area contributed by atoms with E-state index < -0.39 is 0 Å². The maximum atomic E-state index is 11.3. The lowest BCUT2D eigenvalue weighted by Crippen LogP contribution is -2.12. The summed E-state index contributed by atoms with van der Waals surface area (Å²) >= 11 is 0. The summed E-state index contributed by atoms with van der Waals surface area (Å²) in [6, 6.07) is 5.07. The number of ether oxygens (including phenoxy) is 2. The Bertz CT molecular complexity index is 354. The molecular weight excluding hydrogens is 220 g/mol. The highest BCUT2D eigenvalue weighted by atomic mass is 16.5. The molecule has 5 heteroatoms. The van der Waals surface area contributed by atoms with Gasteiger partial charge in [0.15, 0.2) is 5.78 Å². The van der Waals surface area contributed by atoms with Gasteiger partial charge in [-0.25, -0.2) is 0 Å². The predicted octanol–water partition coefficient (Wildman–Crippen LogP) is 0.564. The van der Waals surface area contributed by atoms with E-state index in [1.54, 1.807) is 18.2 Å². The molecule has 0 radical (unpaired) electrons. The van der Waals surface area contributed by atoms with Gasteiger partial charge in [0.25, 0.3) is 0 Å². The van der Waals surface area contributed by atoms with Gasteiger partial charge in [0.1, 0.15) is 24.7 Å². The molecule has 0 fully saturated rings. The molecule has 0 saturated heterocycles. The minimum Gasteiger partial charge on any atom is -0.492 e. The molecule has 0 saturated carbocycles. The van der Waals surface area contributed by atoms with E-state index in [1.807, 2.05) is 0 Å². The first-order chi connectivity index (χ1) is 8.17. The summed E-state index contributed by atoms with van der Waals surface area (Å²) in [5.41, 5.74) is 11.3. The second kappa shape index (κ2) is 6.88. The van der Waals surface area contributed by atoms with Gasteiger partial charge in [-0.2, -0.15) is 0 Å². The van der Waals surface area contributed by atoms with Crippen LogP contribution >= 0.6 is 0 Å². The van der Waals surface area contributed by atoms with Crippen LogP contribution in [0.1, 0.15) is 17.3 Å². The van der Waals surface area contributed by atoms with E-state index >= 15 is 0 Å². The van der Waals surface area contributed by atoms with Gasteiger partial charge in [-0.1, -0.05) is 0 Å². The zero-order chi connectivity index (χ0) is 12.7. The normalized spacial score (nSPS) is 10.1. The highest BCUT2D eigenvalue weighted by molar-refractivity contribution is 5.94. The van der Waals surface area contributed by atoms with Crippen molar-refractivity contribution in [2.24, 2.45) is 11.5 Å². The molecule has 0 spiro atoms. The third-order valence-electron chi connectivity index (χ3n) is 2.06. The van der Waals surface area contributed by atoms with Crippen molar-refractivity contribution in [3.05, 3.63) is 23.8 Å². The van der Waals surface area contributed by atoms with E-state index in [2.05, 4.69) is 0 Å². The van der Waals surface area contributed by atoms with E-state index in [0.717, 1.165) is 0 Å². The van der Waals surface area contributed by atoms with Crippen LogP contribution in [0.3, 0.4) is 0 Å². The summed E-state index contributed by atoms with van der Waals surface area (Å²) < 4.78 is 10.8. The molecule has 0 aliphatic rings. The zero-order valence-electron chi connectivity index (χ0n) is 9.94. The largest absolute Gasteiger partial charge is 0.492 e. The van der Waals surface area contributed by atoms with Gasteiger partial charge in [-0.3, -0.25) is 4.79 Å². The van der Waals surface area contributed by atoms with Crippen molar-refractivity contribution in [3.8, 4) is 11.5 Å². The fraction of sp³-hybridized carbons (Fsp3) is 0.417. The van der Waals surface area contributed by atoms with Gasteiger partial charge in [-0.05, 0) is 19.1 Å². The predicted molar refractivity (Wildman–Crippen MR) is 65.5 cm³/mol. The van der Waals surface area contributed by atoms with E-state index in [4.69, 9.17) is 20.9 Å². The monoisotopic (exact) mass is 238 g/mol. The first kappa shape index (κ1) is 13.5. The molecule has 94 valence electrons. The molecule has 0 amide bonds. The average Bonchev–Trinajstić information content (AvgIpc) is 2.33. The van der Waals surface area contributed by atoms with Crippen LogP contribution in [0.2, 0.25) is 0 Å². The number of Topliss-reactive ketones (excluding diaryl/α,β-unsaturated/α-hetero) is 1. The summed E-state index contributed by atoms with van der Waals surface area (Å²) in [6.07, 6.45) is 0. The fourth-order valence-electron chi connectivity index (χ4n) is 1.30. The molecule has 0 aliphatic carbocycles. The minimum absolute atomic E-state index is 0.0409. The third kappa shape index (κ3) is 4.42. The number of carbonyl (C=O) groups excluding carboxylic acids is 1. The first-order valence-electron chi connectivity index (χ1n) is 5.49. The molecular formula is C12H18N2O3. The van der Waals surface area contributed by atoms with Crippen molar-refractivity contribution < 1.29 is 14.3 Å². The Morgan fingerprint density at radius 3 is 1.88 bits per heavy atom. The van der Waals surface area contributed by atoms with Crippen LogP contribution in [0.25, 0.3) is 0 Å². The number of carbonyl (C=O) groups is 1. The second-order valence-corrected chi connectivity index (χ2v) is 3.52. The molecule has 0 heterocycles. The minimum atomic E-state index is -0.0409. The highest BCUT2D eigenvalue weighted by Crippen LogP contribution is 2.23. The number of rotatable bonds is 7. The van der Waals surface area contributed by atoms with Crippen LogP contribution in [0.15, 0.2) is 18.2 Å².